The molecule has 28 heavy (non-hydrogen) atoms. The molecule has 0 spiro atoms. The van der Waals surface area contributed by atoms with E-state index in [0.29, 0.717) is 5.76 Å². The van der Waals surface area contributed by atoms with Gasteiger partial charge >= 0.3 is 0 Å². The van der Waals surface area contributed by atoms with E-state index in [-0.39, 0.29) is 11.6 Å². The zero-order valence-corrected chi connectivity index (χ0v) is 15.9. The minimum atomic E-state index is -0.517. The lowest BCUT2D eigenvalue weighted by Gasteiger charge is -2.32. The summed E-state index contributed by atoms with van der Waals surface area (Å²) in [5, 5.41) is 0. The van der Waals surface area contributed by atoms with Crippen LogP contribution in [0.15, 0.2) is 72.8 Å². The van der Waals surface area contributed by atoms with Gasteiger partial charge < -0.3 is 4.74 Å². The van der Waals surface area contributed by atoms with Crippen LogP contribution in [0.25, 0.3) is 11.8 Å². The molecule has 1 aliphatic heterocycles. The number of ketones is 1. The van der Waals surface area contributed by atoms with Crippen LogP contribution in [0.4, 0.5) is 4.39 Å². The van der Waals surface area contributed by atoms with Gasteiger partial charge in [-0.3, -0.25) is 4.79 Å². The lowest BCUT2D eigenvalue weighted by molar-refractivity contribution is -0.120. The molecular weight excluding hydrogens is 351 g/mol. The first-order chi connectivity index (χ1) is 13.5. The first-order valence-electron chi connectivity index (χ1n) is 9.33. The number of halogens is 1. The highest BCUT2D eigenvalue weighted by Crippen LogP contribution is 2.44. The second-order valence-electron chi connectivity index (χ2n) is 7.19. The molecule has 0 radical (unpaired) electrons. The Balaban J connectivity index is 1.84. The minimum Gasteiger partial charge on any atom is -0.484 e. The molecular formula is C25H21FO2. The monoisotopic (exact) mass is 372 g/mol. The summed E-state index contributed by atoms with van der Waals surface area (Å²) in [7, 11) is 0. The Bertz CT molecular complexity index is 1040. The number of hydrogen-bond donors (Lipinski definition) is 0. The highest BCUT2D eigenvalue weighted by atomic mass is 19.1. The van der Waals surface area contributed by atoms with Gasteiger partial charge in [-0.05, 0) is 43.2 Å². The van der Waals surface area contributed by atoms with E-state index < -0.39 is 12.0 Å². The zero-order valence-electron chi connectivity index (χ0n) is 15.9. The van der Waals surface area contributed by atoms with E-state index >= 15 is 0 Å². The number of rotatable bonds is 4. The Kier molecular flexibility index (Phi) is 4.82. The van der Waals surface area contributed by atoms with E-state index in [1.165, 1.54) is 12.1 Å². The quantitative estimate of drug-likeness (QED) is 0.555. The third kappa shape index (κ3) is 3.48. The molecule has 0 aliphatic carbocycles. The topological polar surface area (TPSA) is 26.3 Å². The highest BCUT2D eigenvalue weighted by Gasteiger charge is 2.34. The molecule has 1 aliphatic rings. The van der Waals surface area contributed by atoms with Crippen LogP contribution in [0.3, 0.4) is 0 Å². The van der Waals surface area contributed by atoms with Crippen molar-refractivity contribution in [2.24, 2.45) is 0 Å². The summed E-state index contributed by atoms with van der Waals surface area (Å²) < 4.78 is 20.3. The lowest BCUT2D eigenvalue weighted by Crippen LogP contribution is -2.23. The molecule has 0 saturated carbocycles. The number of Topliss-reactive ketones (excluding diaryl/α,β-unsaturated/α-hetero) is 1. The Morgan fingerprint density at radius 2 is 1.71 bits per heavy atom. The van der Waals surface area contributed by atoms with E-state index in [1.807, 2.05) is 67.6 Å². The molecule has 3 aromatic rings. The number of ether oxygens (including phenoxy) is 1. The van der Waals surface area contributed by atoms with Crippen molar-refractivity contribution in [3.05, 3.63) is 106 Å². The molecule has 2 atom stereocenters. The van der Waals surface area contributed by atoms with Crippen molar-refractivity contribution in [3.63, 3.8) is 0 Å². The molecule has 3 aromatic carbocycles. The normalized spacial score (nSPS) is 16.5. The molecule has 0 amide bonds. The first kappa shape index (κ1) is 18.2. The van der Waals surface area contributed by atoms with Gasteiger partial charge in [-0.2, -0.15) is 0 Å². The van der Waals surface area contributed by atoms with Gasteiger partial charge in [0.05, 0.1) is 5.92 Å². The molecule has 0 N–H and O–H groups in total. The number of hydrogen-bond acceptors (Lipinski definition) is 2. The van der Waals surface area contributed by atoms with E-state index in [0.717, 1.165) is 27.8 Å². The van der Waals surface area contributed by atoms with Crippen molar-refractivity contribution in [1.29, 1.82) is 0 Å². The Morgan fingerprint density at radius 3 is 2.39 bits per heavy atom. The summed E-state index contributed by atoms with van der Waals surface area (Å²) in [6.07, 6.45) is 1.33. The van der Waals surface area contributed by atoms with E-state index in [2.05, 4.69) is 0 Å². The summed E-state index contributed by atoms with van der Waals surface area (Å²) in [6.45, 7) is 3.60. The maximum absolute atomic E-state index is 13.9. The molecule has 2 nitrogen and oxygen atoms in total. The van der Waals surface area contributed by atoms with Crippen molar-refractivity contribution in [2.75, 3.05) is 0 Å². The third-order valence-corrected chi connectivity index (χ3v) is 5.13. The molecule has 1 unspecified atom stereocenters. The van der Waals surface area contributed by atoms with Crippen LogP contribution in [0.5, 0.6) is 0 Å². The number of carbonyl (C=O) groups excluding carboxylic acids is 1. The average Bonchev–Trinajstić information content (AvgIpc) is 2.69. The van der Waals surface area contributed by atoms with Crippen LogP contribution in [-0.2, 0) is 9.53 Å². The maximum atomic E-state index is 13.9. The van der Waals surface area contributed by atoms with Crippen LogP contribution in [0.1, 0.15) is 46.8 Å². The molecule has 0 saturated heterocycles. The summed E-state index contributed by atoms with van der Waals surface area (Å²) in [5.74, 6) is -0.125. The average molecular weight is 372 g/mol. The molecule has 0 fully saturated rings. The Morgan fingerprint density at radius 1 is 1.00 bits per heavy atom. The van der Waals surface area contributed by atoms with Gasteiger partial charge in [0.15, 0.2) is 0 Å². The maximum Gasteiger partial charge on any atom is 0.141 e. The van der Waals surface area contributed by atoms with Crippen LogP contribution in [0, 0.1) is 12.7 Å². The SMILES string of the molecule is CC(=O)C(c1ccccc1)[C@@H]1OC(c2ccc(C)cc2)=Cc2cc(F)ccc21. The fourth-order valence-corrected chi connectivity index (χ4v) is 3.71. The molecule has 1 heterocycles. The predicted molar refractivity (Wildman–Crippen MR) is 109 cm³/mol. The van der Waals surface area contributed by atoms with Crippen LogP contribution < -0.4 is 0 Å². The third-order valence-electron chi connectivity index (χ3n) is 5.13. The Hall–Kier alpha value is -3.20. The molecule has 3 heteroatoms. The summed E-state index contributed by atoms with van der Waals surface area (Å²) in [5.41, 5.74) is 4.51. The Labute approximate surface area is 164 Å². The van der Waals surface area contributed by atoms with Gasteiger partial charge in [-0.1, -0.05) is 66.2 Å². The van der Waals surface area contributed by atoms with E-state index in [1.54, 1.807) is 13.0 Å². The van der Waals surface area contributed by atoms with Gasteiger partial charge in [-0.25, -0.2) is 4.39 Å². The minimum absolute atomic E-state index is 0.0108. The number of fused-ring (bicyclic) bond motifs is 1. The predicted octanol–water partition coefficient (Wildman–Crippen LogP) is 6.08. The summed E-state index contributed by atoms with van der Waals surface area (Å²) in [6, 6.07) is 22.2. The molecule has 0 aromatic heterocycles. The number of benzene rings is 3. The molecule has 140 valence electrons. The standard InChI is InChI=1S/C25H21FO2/c1-16-8-10-18(11-9-16)23-15-20-14-21(26)12-13-22(20)25(28-23)24(17(2)27)19-6-4-3-5-7-19/h3-15,24-25H,1-2H3/t24?,25-/m1/s1. The second kappa shape index (κ2) is 7.43. The van der Waals surface area contributed by atoms with E-state index in [9.17, 15) is 9.18 Å². The fourth-order valence-electron chi connectivity index (χ4n) is 3.71. The van der Waals surface area contributed by atoms with Gasteiger partial charge in [-0.15, -0.1) is 0 Å². The van der Waals surface area contributed by atoms with Gasteiger partial charge in [0, 0.05) is 11.1 Å². The van der Waals surface area contributed by atoms with Crippen LogP contribution in [-0.4, -0.2) is 5.78 Å². The van der Waals surface area contributed by atoms with Crippen LogP contribution in [0.2, 0.25) is 0 Å². The second-order valence-corrected chi connectivity index (χ2v) is 7.19. The van der Waals surface area contributed by atoms with Crippen molar-refractivity contribution in [3.8, 4) is 0 Å². The summed E-state index contributed by atoms with van der Waals surface area (Å²) in [4.78, 5) is 12.6. The summed E-state index contributed by atoms with van der Waals surface area (Å²) >= 11 is 0. The lowest BCUT2D eigenvalue weighted by atomic mass is 9.83. The number of aryl methyl sites for hydroxylation is 1. The zero-order chi connectivity index (χ0) is 19.7. The van der Waals surface area contributed by atoms with Crippen molar-refractivity contribution in [1.82, 2.24) is 0 Å². The molecule has 4 rings (SSSR count). The van der Waals surface area contributed by atoms with Crippen molar-refractivity contribution >= 4 is 17.6 Å². The number of carbonyl (C=O) groups is 1. The smallest absolute Gasteiger partial charge is 0.141 e. The highest BCUT2D eigenvalue weighted by molar-refractivity contribution is 5.87. The first-order valence-corrected chi connectivity index (χ1v) is 9.33. The van der Waals surface area contributed by atoms with Crippen molar-refractivity contribution < 1.29 is 13.9 Å². The fraction of sp³-hybridized carbons (Fsp3) is 0.160. The van der Waals surface area contributed by atoms with Crippen LogP contribution >= 0.6 is 0 Å². The van der Waals surface area contributed by atoms with Gasteiger partial charge in [0.25, 0.3) is 0 Å². The van der Waals surface area contributed by atoms with Gasteiger partial charge in [0.1, 0.15) is 23.5 Å². The van der Waals surface area contributed by atoms with Gasteiger partial charge in [0.2, 0.25) is 0 Å². The largest absolute Gasteiger partial charge is 0.484 e. The van der Waals surface area contributed by atoms with Crippen molar-refractivity contribution in [2.45, 2.75) is 25.9 Å². The molecule has 0 bridgehead atoms. The van der Waals surface area contributed by atoms with E-state index in [4.69, 9.17) is 4.74 Å².